The van der Waals surface area contributed by atoms with Crippen molar-refractivity contribution in [1.82, 2.24) is 10.2 Å². The Morgan fingerprint density at radius 2 is 1.79 bits per heavy atom. The number of hydrogen-bond donors (Lipinski definition) is 1. The number of alkyl halides is 1. The zero-order valence-electron chi connectivity index (χ0n) is 10.1. The lowest BCUT2D eigenvalue weighted by Gasteiger charge is -2.34. The highest BCUT2D eigenvalue weighted by atomic mass is 35.5. The molecule has 2 nitrogen and oxygen atoms in total. The monoisotopic (exact) mass is 314 g/mol. The number of rotatable bonds is 3. The smallest absolute Gasteiger partial charge is 0.142 e. The Labute approximate surface area is 121 Å². The number of nitrogens with one attached hydrogen (secondary N) is 1. The van der Waals surface area contributed by atoms with Gasteiger partial charge in [-0.25, -0.2) is 13.2 Å². The molecule has 108 valence electrons. The molecule has 0 unspecified atom stereocenters. The predicted molar refractivity (Wildman–Crippen MR) is 71.8 cm³/mol. The second-order valence-electron chi connectivity index (χ2n) is 4.21. The van der Waals surface area contributed by atoms with Crippen molar-refractivity contribution >= 4 is 24.0 Å². The van der Waals surface area contributed by atoms with E-state index in [4.69, 9.17) is 11.6 Å². The summed E-state index contributed by atoms with van der Waals surface area (Å²) in [5.74, 6) is -1.38. The van der Waals surface area contributed by atoms with Gasteiger partial charge in [-0.1, -0.05) is 11.6 Å². The summed E-state index contributed by atoms with van der Waals surface area (Å²) in [5.41, 5.74) is -0.0823. The molecule has 1 saturated heterocycles. The van der Waals surface area contributed by atoms with Crippen LogP contribution in [0.25, 0.3) is 0 Å². The highest BCUT2D eigenvalue weighted by Gasteiger charge is 2.28. The molecule has 0 amide bonds. The molecule has 1 aromatic carbocycles. The predicted octanol–water partition coefficient (Wildman–Crippen LogP) is 2.96. The van der Waals surface area contributed by atoms with E-state index in [9.17, 15) is 13.2 Å². The minimum absolute atomic E-state index is 0. The maximum Gasteiger partial charge on any atom is 0.142 e. The van der Waals surface area contributed by atoms with Crippen LogP contribution >= 0.6 is 24.0 Å². The van der Waals surface area contributed by atoms with Crippen LogP contribution in [0.15, 0.2) is 12.1 Å². The second kappa shape index (κ2) is 7.33. The Hall–Kier alpha value is -0.490. The Kier molecular flexibility index (Phi) is 6.39. The summed E-state index contributed by atoms with van der Waals surface area (Å²) in [4.78, 5) is 1.78. The summed E-state index contributed by atoms with van der Waals surface area (Å²) in [7, 11) is 0. The summed E-state index contributed by atoms with van der Waals surface area (Å²) in [6.45, 7) is 1.78. The molecule has 0 aromatic heterocycles. The van der Waals surface area contributed by atoms with Crippen molar-refractivity contribution in [2.24, 2.45) is 0 Å². The quantitative estimate of drug-likeness (QED) is 0.863. The van der Waals surface area contributed by atoms with Gasteiger partial charge in [0.15, 0.2) is 0 Å². The van der Waals surface area contributed by atoms with Crippen LogP contribution in [0.3, 0.4) is 0 Å². The summed E-state index contributed by atoms with van der Waals surface area (Å²) >= 11 is 5.77. The van der Waals surface area contributed by atoms with Gasteiger partial charge in [0.1, 0.15) is 18.3 Å². The van der Waals surface area contributed by atoms with Gasteiger partial charge in [-0.3, -0.25) is 4.90 Å². The molecule has 0 aliphatic carbocycles. The molecule has 1 atom stereocenters. The molecule has 1 fully saturated rings. The Balaban J connectivity index is 0.00000180. The molecule has 1 N–H and O–H groups in total. The first-order valence-corrected chi connectivity index (χ1v) is 6.17. The fraction of sp³-hybridized carbons (Fsp3) is 0.500. The molecule has 1 aliphatic heterocycles. The lowest BCUT2D eigenvalue weighted by Crippen LogP contribution is -2.46. The van der Waals surface area contributed by atoms with Crippen LogP contribution < -0.4 is 5.32 Å². The van der Waals surface area contributed by atoms with E-state index in [1.54, 1.807) is 4.90 Å². The first-order valence-electron chi connectivity index (χ1n) is 5.79. The average Bonchev–Trinajstić information content (AvgIpc) is 2.40. The van der Waals surface area contributed by atoms with E-state index in [1.807, 2.05) is 0 Å². The number of piperazine rings is 1. The molecule has 1 heterocycles. The first kappa shape index (κ1) is 16.6. The third-order valence-corrected chi connectivity index (χ3v) is 3.54. The van der Waals surface area contributed by atoms with Crippen LogP contribution in [-0.2, 0) is 0 Å². The van der Waals surface area contributed by atoms with Crippen molar-refractivity contribution in [3.8, 4) is 0 Å². The largest absolute Gasteiger partial charge is 0.314 e. The molecule has 2 rings (SSSR count). The third kappa shape index (κ3) is 3.54. The highest BCUT2D eigenvalue weighted by Crippen LogP contribution is 2.32. The van der Waals surface area contributed by atoms with Crippen LogP contribution in [0.1, 0.15) is 11.6 Å². The topological polar surface area (TPSA) is 15.3 Å². The van der Waals surface area contributed by atoms with E-state index in [2.05, 4.69) is 5.32 Å². The molecule has 0 saturated carbocycles. The summed E-state index contributed by atoms with van der Waals surface area (Å²) < 4.78 is 40.3. The number of nitrogens with zero attached hydrogens (tertiary/aromatic N) is 1. The van der Waals surface area contributed by atoms with E-state index in [1.165, 1.54) is 0 Å². The second-order valence-corrected chi connectivity index (χ2v) is 4.59. The van der Waals surface area contributed by atoms with Crippen molar-refractivity contribution in [3.63, 3.8) is 0 Å². The van der Waals surface area contributed by atoms with Gasteiger partial charge in [0.25, 0.3) is 0 Å². The fourth-order valence-electron chi connectivity index (χ4n) is 2.20. The van der Waals surface area contributed by atoms with Crippen LogP contribution in [0.5, 0.6) is 0 Å². The van der Waals surface area contributed by atoms with Gasteiger partial charge in [-0.05, 0) is 12.1 Å². The molecule has 1 aromatic rings. The minimum Gasteiger partial charge on any atom is -0.314 e. The minimum atomic E-state index is -0.824. The maximum absolute atomic E-state index is 13.8. The van der Waals surface area contributed by atoms with Gasteiger partial charge in [-0.2, -0.15) is 0 Å². The molecule has 1 aliphatic rings. The van der Waals surface area contributed by atoms with Crippen molar-refractivity contribution in [2.75, 3.05) is 32.9 Å². The fourth-order valence-corrected chi connectivity index (χ4v) is 2.48. The lowest BCUT2D eigenvalue weighted by atomic mass is 10.0. The zero-order chi connectivity index (χ0) is 13.1. The first-order chi connectivity index (χ1) is 8.65. The third-order valence-electron chi connectivity index (χ3n) is 3.15. The van der Waals surface area contributed by atoms with Crippen molar-refractivity contribution in [1.29, 1.82) is 0 Å². The summed E-state index contributed by atoms with van der Waals surface area (Å²) in [6.07, 6.45) is 0. The maximum atomic E-state index is 13.8. The van der Waals surface area contributed by atoms with Crippen molar-refractivity contribution in [2.45, 2.75) is 6.04 Å². The van der Waals surface area contributed by atoms with E-state index >= 15 is 0 Å². The van der Waals surface area contributed by atoms with Gasteiger partial charge in [0.2, 0.25) is 0 Å². The van der Waals surface area contributed by atoms with E-state index < -0.39 is 24.4 Å². The normalized spacial score (nSPS) is 17.9. The number of hydrogen-bond acceptors (Lipinski definition) is 2. The molecule has 19 heavy (non-hydrogen) atoms. The van der Waals surface area contributed by atoms with Crippen LogP contribution in [-0.4, -0.2) is 37.8 Å². The van der Waals surface area contributed by atoms with Gasteiger partial charge in [-0.15, -0.1) is 12.4 Å². The van der Waals surface area contributed by atoms with Gasteiger partial charge in [0, 0.05) is 31.7 Å². The van der Waals surface area contributed by atoms with Crippen LogP contribution in [0.4, 0.5) is 13.2 Å². The molecular formula is C12H15Cl2F3N2. The lowest BCUT2D eigenvalue weighted by molar-refractivity contribution is 0.144. The number of benzene rings is 1. The van der Waals surface area contributed by atoms with Crippen molar-refractivity contribution < 1.29 is 13.2 Å². The summed E-state index contributed by atoms with van der Waals surface area (Å²) in [5, 5.41) is 2.80. The van der Waals surface area contributed by atoms with Gasteiger partial charge < -0.3 is 5.32 Å². The molecular weight excluding hydrogens is 300 g/mol. The molecule has 7 heteroatoms. The number of halogens is 5. The van der Waals surface area contributed by atoms with E-state index in [0.717, 1.165) is 12.1 Å². The highest BCUT2D eigenvalue weighted by molar-refractivity contribution is 6.31. The summed E-state index contributed by atoms with van der Waals surface area (Å²) in [6, 6.07) is 1.12. The average molecular weight is 315 g/mol. The molecule has 0 radical (unpaired) electrons. The Morgan fingerprint density at radius 1 is 1.21 bits per heavy atom. The van der Waals surface area contributed by atoms with Gasteiger partial charge >= 0.3 is 0 Å². The Bertz CT molecular complexity index is 426. The Morgan fingerprint density at radius 3 is 2.37 bits per heavy atom. The van der Waals surface area contributed by atoms with Crippen molar-refractivity contribution in [3.05, 3.63) is 34.4 Å². The molecule has 0 spiro atoms. The standard InChI is InChI=1S/C12H14ClF3N2.ClH/c13-12-9(16)2-1-8(15)11(12)10(7-14)18-5-3-17-4-6-18;/h1-2,10,17H,3-7H2;1H/t10-;/m1./s1. The SMILES string of the molecule is Cl.FC[C@H](c1c(F)ccc(F)c1Cl)N1CCNCC1. The molecule has 0 bridgehead atoms. The van der Waals surface area contributed by atoms with E-state index in [0.29, 0.717) is 26.2 Å². The van der Waals surface area contributed by atoms with E-state index in [-0.39, 0.29) is 23.0 Å². The van der Waals surface area contributed by atoms with Crippen LogP contribution in [0, 0.1) is 11.6 Å². The zero-order valence-corrected chi connectivity index (χ0v) is 11.7. The van der Waals surface area contributed by atoms with Crippen LogP contribution in [0.2, 0.25) is 5.02 Å². The van der Waals surface area contributed by atoms with Gasteiger partial charge in [0.05, 0.1) is 11.1 Å².